The predicted molar refractivity (Wildman–Crippen MR) is 92.8 cm³/mol. The Morgan fingerprint density at radius 1 is 1.00 bits per heavy atom. The molecule has 0 bridgehead atoms. The van der Waals surface area contributed by atoms with Crippen LogP contribution >= 0.6 is 34.8 Å². The molecule has 2 aromatic carbocycles. The highest BCUT2D eigenvalue weighted by molar-refractivity contribution is 6.35. The highest BCUT2D eigenvalue weighted by Crippen LogP contribution is 2.29. The third kappa shape index (κ3) is 4.37. The summed E-state index contributed by atoms with van der Waals surface area (Å²) in [5.74, 6) is 0. The van der Waals surface area contributed by atoms with E-state index in [9.17, 15) is 0 Å². The van der Waals surface area contributed by atoms with Gasteiger partial charge < -0.3 is 5.32 Å². The van der Waals surface area contributed by atoms with Gasteiger partial charge in [0.15, 0.2) is 0 Å². The highest BCUT2D eigenvalue weighted by atomic mass is 35.5. The lowest BCUT2D eigenvalue weighted by Crippen LogP contribution is -2.23. The van der Waals surface area contributed by atoms with Crippen LogP contribution in [0.4, 0.5) is 0 Å². The molecule has 0 aliphatic carbocycles. The zero-order chi connectivity index (χ0) is 15.4. The number of hydrogen-bond donors (Lipinski definition) is 1. The summed E-state index contributed by atoms with van der Waals surface area (Å²) >= 11 is 18.4. The van der Waals surface area contributed by atoms with Crippen molar-refractivity contribution in [1.29, 1.82) is 0 Å². The maximum absolute atomic E-state index is 6.29. The molecule has 1 N–H and O–H groups in total. The molecule has 0 fully saturated rings. The first-order valence-corrected chi connectivity index (χ1v) is 8.08. The first kappa shape index (κ1) is 16.6. The molecule has 0 spiro atoms. The molecule has 112 valence electrons. The van der Waals surface area contributed by atoms with Crippen LogP contribution in [0, 0.1) is 6.92 Å². The number of aryl methyl sites for hydroxylation is 1. The molecular weight excluding hydrogens is 325 g/mol. The predicted octanol–water partition coefficient (Wildman–Crippen LogP) is 5.85. The van der Waals surface area contributed by atoms with Crippen molar-refractivity contribution in [2.45, 2.75) is 26.3 Å². The van der Waals surface area contributed by atoms with Gasteiger partial charge in [0.05, 0.1) is 0 Å². The Morgan fingerprint density at radius 2 is 1.67 bits per heavy atom. The fourth-order valence-corrected chi connectivity index (χ4v) is 3.10. The van der Waals surface area contributed by atoms with Gasteiger partial charge >= 0.3 is 0 Å². The van der Waals surface area contributed by atoms with Crippen LogP contribution in [-0.4, -0.2) is 6.54 Å². The van der Waals surface area contributed by atoms with E-state index in [2.05, 4.69) is 19.2 Å². The number of nitrogens with one attached hydrogen (secondary N) is 1. The lowest BCUT2D eigenvalue weighted by molar-refractivity contribution is 0.547. The summed E-state index contributed by atoms with van der Waals surface area (Å²) in [6, 6.07) is 11.8. The zero-order valence-corrected chi connectivity index (χ0v) is 14.4. The minimum Gasteiger partial charge on any atom is -0.310 e. The van der Waals surface area contributed by atoms with Gasteiger partial charge in [-0.2, -0.15) is 0 Å². The van der Waals surface area contributed by atoms with Crippen LogP contribution in [0.3, 0.4) is 0 Å². The van der Waals surface area contributed by atoms with Crippen molar-refractivity contribution in [3.05, 3.63) is 68.2 Å². The summed E-state index contributed by atoms with van der Waals surface area (Å²) in [4.78, 5) is 0. The first-order chi connectivity index (χ1) is 10.0. The van der Waals surface area contributed by atoms with Crippen LogP contribution in [0.15, 0.2) is 36.4 Å². The molecule has 1 unspecified atom stereocenters. The largest absolute Gasteiger partial charge is 0.310 e. The number of rotatable bonds is 5. The van der Waals surface area contributed by atoms with E-state index in [1.807, 2.05) is 30.3 Å². The van der Waals surface area contributed by atoms with Gasteiger partial charge in [0.25, 0.3) is 0 Å². The van der Waals surface area contributed by atoms with Crippen molar-refractivity contribution in [2.24, 2.45) is 0 Å². The molecular formula is C17H18Cl3N. The molecule has 0 aromatic heterocycles. The molecule has 0 saturated carbocycles. The Labute approximate surface area is 141 Å². The summed E-state index contributed by atoms with van der Waals surface area (Å²) in [6.45, 7) is 5.07. The SMILES string of the molecule is CCNC(Cc1ccc(Cl)cc1Cl)c1cc(Cl)ccc1C. The van der Waals surface area contributed by atoms with Crippen LogP contribution in [0.1, 0.15) is 29.7 Å². The fourth-order valence-electron chi connectivity index (χ4n) is 2.43. The molecule has 21 heavy (non-hydrogen) atoms. The van der Waals surface area contributed by atoms with Crippen LogP contribution < -0.4 is 5.32 Å². The number of likely N-dealkylation sites (N-methyl/N-ethyl adjacent to an activating group) is 1. The van der Waals surface area contributed by atoms with E-state index >= 15 is 0 Å². The number of benzene rings is 2. The maximum Gasteiger partial charge on any atom is 0.0453 e. The van der Waals surface area contributed by atoms with E-state index in [0.717, 1.165) is 23.6 Å². The quantitative estimate of drug-likeness (QED) is 0.719. The topological polar surface area (TPSA) is 12.0 Å². The van der Waals surface area contributed by atoms with Crippen molar-refractivity contribution in [3.63, 3.8) is 0 Å². The van der Waals surface area contributed by atoms with E-state index in [4.69, 9.17) is 34.8 Å². The first-order valence-electron chi connectivity index (χ1n) is 6.94. The molecule has 0 aliphatic rings. The van der Waals surface area contributed by atoms with Gasteiger partial charge in [0.2, 0.25) is 0 Å². The molecule has 1 atom stereocenters. The standard InChI is InChI=1S/C17H18Cl3N/c1-3-21-17(15-9-13(18)6-4-11(15)2)8-12-5-7-14(19)10-16(12)20/h4-7,9-10,17,21H,3,8H2,1-2H3. The second-order valence-corrected chi connectivity index (χ2v) is 6.33. The molecule has 1 nitrogen and oxygen atoms in total. The third-order valence-electron chi connectivity index (χ3n) is 3.51. The highest BCUT2D eigenvalue weighted by Gasteiger charge is 2.15. The fraction of sp³-hybridized carbons (Fsp3) is 0.294. The van der Waals surface area contributed by atoms with E-state index in [-0.39, 0.29) is 6.04 Å². The van der Waals surface area contributed by atoms with Crippen molar-refractivity contribution < 1.29 is 0 Å². The van der Waals surface area contributed by atoms with Crippen LogP contribution in [-0.2, 0) is 6.42 Å². The zero-order valence-electron chi connectivity index (χ0n) is 12.1. The summed E-state index contributed by atoms with van der Waals surface area (Å²) < 4.78 is 0. The van der Waals surface area contributed by atoms with Gasteiger partial charge in [-0.05, 0) is 60.8 Å². The molecule has 4 heteroatoms. The Kier molecular flexibility index (Phi) is 5.95. The van der Waals surface area contributed by atoms with E-state index in [0.29, 0.717) is 10.0 Å². The number of halogens is 3. The summed E-state index contributed by atoms with van der Waals surface area (Å²) in [5, 5.41) is 5.61. The van der Waals surface area contributed by atoms with Crippen LogP contribution in [0.2, 0.25) is 15.1 Å². The van der Waals surface area contributed by atoms with E-state index in [1.54, 1.807) is 6.07 Å². The minimum atomic E-state index is 0.173. The minimum absolute atomic E-state index is 0.173. The molecule has 2 rings (SSSR count). The summed E-state index contributed by atoms with van der Waals surface area (Å²) in [6.07, 6.45) is 0.797. The molecule has 0 aliphatic heterocycles. The van der Waals surface area contributed by atoms with Crippen molar-refractivity contribution in [3.8, 4) is 0 Å². The Hall–Kier alpha value is -0.730. The normalized spacial score (nSPS) is 12.4. The van der Waals surface area contributed by atoms with E-state index < -0.39 is 0 Å². The molecule has 0 radical (unpaired) electrons. The van der Waals surface area contributed by atoms with Crippen LogP contribution in [0.25, 0.3) is 0 Å². The van der Waals surface area contributed by atoms with Gasteiger partial charge in [0.1, 0.15) is 0 Å². The summed E-state index contributed by atoms with van der Waals surface area (Å²) in [5.41, 5.74) is 3.50. The average Bonchev–Trinajstić information content (AvgIpc) is 2.44. The maximum atomic E-state index is 6.29. The van der Waals surface area contributed by atoms with Gasteiger partial charge in [-0.1, -0.05) is 53.9 Å². The molecule has 2 aromatic rings. The van der Waals surface area contributed by atoms with E-state index in [1.165, 1.54) is 11.1 Å². The van der Waals surface area contributed by atoms with Gasteiger partial charge in [-0.15, -0.1) is 0 Å². The molecule has 0 heterocycles. The number of hydrogen-bond acceptors (Lipinski definition) is 1. The average molecular weight is 343 g/mol. The Bertz CT molecular complexity index is 625. The lowest BCUT2D eigenvalue weighted by Gasteiger charge is -2.21. The van der Waals surface area contributed by atoms with Gasteiger partial charge in [-0.25, -0.2) is 0 Å². The lowest BCUT2D eigenvalue weighted by atomic mass is 9.95. The van der Waals surface area contributed by atoms with Crippen molar-refractivity contribution in [1.82, 2.24) is 5.32 Å². The second-order valence-electron chi connectivity index (χ2n) is 5.05. The summed E-state index contributed by atoms with van der Waals surface area (Å²) in [7, 11) is 0. The van der Waals surface area contributed by atoms with Gasteiger partial charge in [0, 0.05) is 21.1 Å². The van der Waals surface area contributed by atoms with Crippen LogP contribution in [0.5, 0.6) is 0 Å². The van der Waals surface area contributed by atoms with Crippen molar-refractivity contribution >= 4 is 34.8 Å². The third-order valence-corrected chi connectivity index (χ3v) is 4.33. The molecule has 0 saturated heterocycles. The molecule has 0 amide bonds. The van der Waals surface area contributed by atoms with Gasteiger partial charge in [-0.3, -0.25) is 0 Å². The Morgan fingerprint density at radius 3 is 2.33 bits per heavy atom. The second kappa shape index (κ2) is 7.51. The van der Waals surface area contributed by atoms with Crippen molar-refractivity contribution in [2.75, 3.05) is 6.54 Å². The Balaban J connectivity index is 2.32. The monoisotopic (exact) mass is 341 g/mol. The smallest absolute Gasteiger partial charge is 0.0453 e.